The van der Waals surface area contributed by atoms with Crippen molar-refractivity contribution in [2.75, 3.05) is 26.2 Å². The molecule has 132 valence electrons. The van der Waals surface area contributed by atoms with Crippen LogP contribution in [0.25, 0.3) is 0 Å². The summed E-state index contributed by atoms with van der Waals surface area (Å²) in [5, 5.41) is 13.4. The van der Waals surface area contributed by atoms with Crippen molar-refractivity contribution >= 4 is 6.03 Å². The molecule has 2 N–H and O–H groups in total. The van der Waals surface area contributed by atoms with Crippen molar-refractivity contribution in [1.29, 1.82) is 0 Å². The molecule has 1 aromatic rings. The van der Waals surface area contributed by atoms with Gasteiger partial charge in [-0.25, -0.2) is 4.79 Å². The SMILES string of the molecule is Cc1cccc(CNC(=O)N2C[C@H](O)[C@@H](N3CCCCC3)C2)c1C. The Labute approximate surface area is 144 Å². The number of aliphatic hydroxyl groups is 1. The van der Waals surface area contributed by atoms with E-state index in [9.17, 15) is 9.90 Å². The first kappa shape index (κ1) is 17.2. The summed E-state index contributed by atoms with van der Waals surface area (Å²) in [6.07, 6.45) is 3.23. The van der Waals surface area contributed by atoms with Gasteiger partial charge in [-0.05, 0) is 56.5 Å². The number of benzene rings is 1. The number of carbonyl (C=O) groups excluding carboxylic acids is 1. The molecule has 2 heterocycles. The number of likely N-dealkylation sites (tertiary alicyclic amines) is 2. The number of piperidine rings is 1. The monoisotopic (exact) mass is 331 g/mol. The third-order valence-corrected chi connectivity index (χ3v) is 5.55. The zero-order chi connectivity index (χ0) is 17.1. The number of β-amino-alcohol motifs (C(OH)–C–C–N with tert-alkyl or cyclic N) is 1. The molecule has 0 saturated carbocycles. The van der Waals surface area contributed by atoms with Crippen LogP contribution in [-0.2, 0) is 6.54 Å². The van der Waals surface area contributed by atoms with Crippen LogP contribution >= 0.6 is 0 Å². The van der Waals surface area contributed by atoms with E-state index < -0.39 is 6.10 Å². The van der Waals surface area contributed by atoms with Crippen molar-refractivity contribution in [3.63, 3.8) is 0 Å². The summed E-state index contributed by atoms with van der Waals surface area (Å²) in [5.74, 6) is 0. The van der Waals surface area contributed by atoms with Crippen molar-refractivity contribution in [1.82, 2.24) is 15.1 Å². The lowest BCUT2D eigenvalue weighted by molar-refractivity contribution is 0.0706. The minimum absolute atomic E-state index is 0.0746. The van der Waals surface area contributed by atoms with Gasteiger partial charge in [-0.1, -0.05) is 24.6 Å². The molecule has 5 nitrogen and oxygen atoms in total. The number of nitrogens with one attached hydrogen (secondary N) is 1. The summed E-state index contributed by atoms with van der Waals surface area (Å²) in [6, 6.07) is 6.18. The average Bonchev–Trinajstić information content (AvgIpc) is 2.98. The summed E-state index contributed by atoms with van der Waals surface area (Å²) in [7, 11) is 0. The first-order valence-electron chi connectivity index (χ1n) is 9.06. The number of urea groups is 1. The molecule has 2 atom stereocenters. The molecule has 2 fully saturated rings. The fraction of sp³-hybridized carbons (Fsp3) is 0.632. The smallest absolute Gasteiger partial charge is 0.317 e. The number of hydrogen-bond acceptors (Lipinski definition) is 3. The highest BCUT2D eigenvalue weighted by molar-refractivity contribution is 5.74. The van der Waals surface area contributed by atoms with Crippen LogP contribution in [0.1, 0.15) is 36.0 Å². The molecule has 1 aromatic carbocycles. The number of nitrogens with zero attached hydrogens (tertiary/aromatic N) is 2. The largest absolute Gasteiger partial charge is 0.390 e. The van der Waals surface area contributed by atoms with Crippen molar-refractivity contribution < 1.29 is 9.90 Å². The Morgan fingerprint density at radius 3 is 2.71 bits per heavy atom. The van der Waals surface area contributed by atoms with Crippen molar-refractivity contribution in [3.05, 3.63) is 34.9 Å². The molecule has 0 spiro atoms. The quantitative estimate of drug-likeness (QED) is 0.891. The third kappa shape index (κ3) is 3.73. The van der Waals surface area contributed by atoms with Gasteiger partial charge in [-0.3, -0.25) is 4.90 Å². The zero-order valence-corrected chi connectivity index (χ0v) is 14.8. The Balaban J connectivity index is 1.55. The van der Waals surface area contributed by atoms with E-state index in [1.807, 2.05) is 6.07 Å². The molecule has 0 aliphatic carbocycles. The van der Waals surface area contributed by atoms with Gasteiger partial charge in [0.05, 0.1) is 12.1 Å². The number of aryl methyl sites for hydroxylation is 1. The first-order chi connectivity index (χ1) is 11.6. The highest BCUT2D eigenvalue weighted by Gasteiger charge is 2.37. The molecule has 2 saturated heterocycles. The summed E-state index contributed by atoms with van der Waals surface area (Å²) < 4.78 is 0. The van der Waals surface area contributed by atoms with Gasteiger partial charge >= 0.3 is 6.03 Å². The van der Waals surface area contributed by atoms with Crippen molar-refractivity contribution in [3.8, 4) is 0 Å². The van der Waals surface area contributed by atoms with E-state index in [1.54, 1.807) is 4.90 Å². The minimum Gasteiger partial charge on any atom is -0.390 e. The van der Waals surface area contributed by atoms with Gasteiger partial charge in [-0.15, -0.1) is 0 Å². The Morgan fingerprint density at radius 2 is 1.96 bits per heavy atom. The van der Waals surface area contributed by atoms with Crippen LogP contribution in [0.3, 0.4) is 0 Å². The molecular weight excluding hydrogens is 302 g/mol. The van der Waals surface area contributed by atoms with Crippen LogP contribution in [0.4, 0.5) is 4.79 Å². The topological polar surface area (TPSA) is 55.8 Å². The Morgan fingerprint density at radius 1 is 1.21 bits per heavy atom. The van der Waals surface area contributed by atoms with Crippen LogP contribution in [0.2, 0.25) is 0 Å². The van der Waals surface area contributed by atoms with E-state index in [0.717, 1.165) is 18.7 Å². The first-order valence-corrected chi connectivity index (χ1v) is 9.06. The molecule has 0 bridgehead atoms. The second-order valence-corrected chi connectivity index (χ2v) is 7.15. The summed E-state index contributed by atoms with van der Waals surface area (Å²) in [6.45, 7) is 7.84. The van der Waals surface area contributed by atoms with E-state index >= 15 is 0 Å². The molecule has 5 heteroatoms. The second-order valence-electron chi connectivity index (χ2n) is 7.15. The number of rotatable bonds is 3. The van der Waals surface area contributed by atoms with Gasteiger partial charge in [0.1, 0.15) is 0 Å². The van der Waals surface area contributed by atoms with E-state index in [2.05, 4.69) is 36.2 Å². The van der Waals surface area contributed by atoms with Gasteiger partial charge in [0.15, 0.2) is 0 Å². The average molecular weight is 331 g/mol. The highest BCUT2D eigenvalue weighted by Crippen LogP contribution is 2.21. The second kappa shape index (κ2) is 7.53. The Bertz CT molecular complexity index is 584. The molecule has 2 aliphatic heterocycles. The molecule has 0 unspecified atom stereocenters. The predicted molar refractivity (Wildman–Crippen MR) is 94.9 cm³/mol. The highest BCUT2D eigenvalue weighted by atomic mass is 16.3. The van der Waals surface area contributed by atoms with Gasteiger partial charge < -0.3 is 15.3 Å². The summed E-state index contributed by atoms with van der Waals surface area (Å²) >= 11 is 0. The molecule has 2 aliphatic rings. The maximum absolute atomic E-state index is 12.5. The number of hydrogen-bond donors (Lipinski definition) is 2. The number of carbonyl (C=O) groups is 1. The van der Waals surface area contributed by atoms with Gasteiger partial charge in [-0.2, -0.15) is 0 Å². The van der Waals surface area contributed by atoms with Gasteiger partial charge in [0, 0.05) is 19.6 Å². The Kier molecular flexibility index (Phi) is 5.41. The van der Waals surface area contributed by atoms with E-state index in [4.69, 9.17) is 0 Å². The molecule has 3 rings (SSSR count). The summed E-state index contributed by atoms with van der Waals surface area (Å²) in [5.41, 5.74) is 3.62. The molecular formula is C19H29N3O2. The lowest BCUT2D eigenvalue weighted by Gasteiger charge is -2.33. The lowest BCUT2D eigenvalue weighted by Crippen LogP contribution is -2.46. The molecule has 0 radical (unpaired) electrons. The van der Waals surface area contributed by atoms with E-state index in [-0.39, 0.29) is 12.1 Å². The Hall–Kier alpha value is -1.59. The normalized spacial score (nSPS) is 25.0. The van der Waals surface area contributed by atoms with Crippen LogP contribution in [0.15, 0.2) is 18.2 Å². The van der Waals surface area contributed by atoms with Gasteiger partial charge in [0.25, 0.3) is 0 Å². The van der Waals surface area contributed by atoms with Crippen molar-refractivity contribution in [2.45, 2.75) is 51.8 Å². The fourth-order valence-electron chi connectivity index (χ4n) is 3.83. The standard InChI is InChI=1S/C19H29N3O2/c1-14-7-6-8-16(15(14)2)11-20-19(24)22-12-17(18(23)13-22)21-9-4-3-5-10-21/h6-8,17-18,23H,3-5,9-13H2,1-2H3,(H,20,24)/t17-,18-/m0/s1. The lowest BCUT2D eigenvalue weighted by atomic mass is 10.0. The van der Waals surface area contributed by atoms with Crippen LogP contribution in [-0.4, -0.2) is 59.3 Å². The van der Waals surface area contributed by atoms with Crippen LogP contribution in [0, 0.1) is 13.8 Å². The number of aliphatic hydroxyl groups excluding tert-OH is 1. The fourth-order valence-corrected chi connectivity index (χ4v) is 3.83. The van der Waals surface area contributed by atoms with Crippen molar-refractivity contribution in [2.24, 2.45) is 0 Å². The van der Waals surface area contributed by atoms with E-state index in [0.29, 0.717) is 19.6 Å². The predicted octanol–water partition coefficient (Wildman–Crippen LogP) is 2.04. The summed E-state index contributed by atoms with van der Waals surface area (Å²) in [4.78, 5) is 16.6. The van der Waals surface area contributed by atoms with Gasteiger partial charge in [0.2, 0.25) is 0 Å². The number of amides is 2. The van der Waals surface area contributed by atoms with E-state index in [1.165, 1.54) is 30.4 Å². The van der Waals surface area contributed by atoms with Crippen LogP contribution in [0.5, 0.6) is 0 Å². The molecule has 2 amide bonds. The third-order valence-electron chi connectivity index (χ3n) is 5.55. The maximum Gasteiger partial charge on any atom is 0.317 e. The minimum atomic E-state index is -0.436. The molecule has 0 aromatic heterocycles. The maximum atomic E-state index is 12.5. The van der Waals surface area contributed by atoms with Crippen LogP contribution < -0.4 is 5.32 Å². The molecule has 24 heavy (non-hydrogen) atoms. The zero-order valence-electron chi connectivity index (χ0n) is 14.8.